The highest BCUT2D eigenvalue weighted by atomic mass is 15.0. The maximum Gasteiger partial charge on any atom is 0.133 e. The summed E-state index contributed by atoms with van der Waals surface area (Å²) in [6.07, 6.45) is 2.15. The van der Waals surface area contributed by atoms with E-state index < -0.39 is 0 Å². The van der Waals surface area contributed by atoms with Gasteiger partial charge in [-0.25, -0.2) is 9.97 Å². The molecule has 0 unspecified atom stereocenters. The molecule has 4 heteroatoms. The molecule has 0 fully saturated rings. The first-order valence-electron chi connectivity index (χ1n) is 7.26. The highest BCUT2D eigenvalue weighted by molar-refractivity contribution is 5.36. The summed E-state index contributed by atoms with van der Waals surface area (Å²) in [6.45, 7) is 12.2. The van der Waals surface area contributed by atoms with Gasteiger partial charge in [-0.3, -0.25) is 0 Å². The molecule has 19 heavy (non-hydrogen) atoms. The van der Waals surface area contributed by atoms with E-state index in [1.807, 2.05) is 13.0 Å². The normalized spacial score (nSPS) is 11.9. The van der Waals surface area contributed by atoms with Crippen LogP contribution < -0.4 is 11.1 Å². The second kappa shape index (κ2) is 6.85. The Morgan fingerprint density at radius 1 is 1.26 bits per heavy atom. The van der Waals surface area contributed by atoms with Crippen molar-refractivity contribution >= 4 is 5.82 Å². The number of anilines is 1. The first-order valence-corrected chi connectivity index (χ1v) is 7.26. The molecule has 0 aliphatic rings. The maximum atomic E-state index is 5.93. The largest absolute Gasteiger partial charge is 0.369 e. The van der Waals surface area contributed by atoms with Gasteiger partial charge in [0, 0.05) is 24.2 Å². The van der Waals surface area contributed by atoms with Crippen LogP contribution in [0, 0.1) is 12.3 Å². The Morgan fingerprint density at radius 2 is 1.89 bits per heavy atom. The van der Waals surface area contributed by atoms with E-state index in [0.717, 1.165) is 36.7 Å². The zero-order valence-corrected chi connectivity index (χ0v) is 13.0. The predicted molar refractivity (Wildman–Crippen MR) is 81.4 cm³/mol. The van der Waals surface area contributed by atoms with Crippen LogP contribution in [0.1, 0.15) is 58.0 Å². The fourth-order valence-corrected chi connectivity index (χ4v) is 2.08. The first kappa shape index (κ1) is 15.9. The van der Waals surface area contributed by atoms with Gasteiger partial charge < -0.3 is 11.1 Å². The Balaban J connectivity index is 2.82. The van der Waals surface area contributed by atoms with E-state index in [2.05, 4.69) is 43.0 Å². The molecule has 3 N–H and O–H groups in total. The molecule has 4 nitrogen and oxygen atoms in total. The minimum Gasteiger partial charge on any atom is -0.369 e. The molecule has 108 valence electrons. The van der Waals surface area contributed by atoms with Crippen molar-refractivity contribution in [2.45, 2.75) is 53.4 Å². The summed E-state index contributed by atoms with van der Waals surface area (Å²) in [6, 6.07) is 2.00. The topological polar surface area (TPSA) is 63.8 Å². The van der Waals surface area contributed by atoms with Crippen molar-refractivity contribution in [3.63, 3.8) is 0 Å². The minimum atomic E-state index is 0.164. The van der Waals surface area contributed by atoms with Gasteiger partial charge in [0.2, 0.25) is 0 Å². The molecule has 0 aromatic carbocycles. The van der Waals surface area contributed by atoms with Gasteiger partial charge in [-0.15, -0.1) is 0 Å². The molecule has 0 saturated heterocycles. The third-order valence-corrected chi connectivity index (χ3v) is 3.97. The molecule has 0 atom stereocenters. The van der Waals surface area contributed by atoms with Crippen LogP contribution in [0.25, 0.3) is 0 Å². The number of nitrogens with zero attached hydrogens (tertiary/aromatic N) is 2. The van der Waals surface area contributed by atoms with Crippen molar-refractivity contribution < 1.29 is 0 Å². The predicted octanol–water partition coefficient (Wildman–Crippen LogP) is 3.09. The van der Waals surface area contributed by atoms with Crippen LogP contribution in [0.15, 0.2) is 6.07 Å². The summed E-state index contributed by atoms with van der Waals surface area (Å²) in [5, 5.41) is 3.44. The van der Waals surface area contributed by atoms with Crippen molar-refractivity contribution in [3.8, 4) is 0 Å². The number of hydrogen-bond acceptors (Lipinski definition) is 4. The van der Waals surface area contributed by atoms with Crippen molar-refractivity contribution in [1.82, 2.24) is 9.97 Å². The average molecular weight is 264 g/mol. The highest BCUT2D eigenvalue weighted by Crippen LogP contribution is 2.25. The lowest BCUT2D eigenvalue weighted by atomic mass is 9.82. The first-order chi connectivity index (χ1) is 8.96. The summed E-state index contributed by atoms with van der Waals surface area (Å²) in [7, 11) is 0. The van der Waals surface area contributed by atoms with Crippen LogP contribution in [-0.4, -0.2) is 23.1 Å². The fraction of sp³-hybridized carbons (Fsp3) is 0.733. The lowest BCUT2D eigenvalue weighted by Gasteiger charge is -2.30. The summed E-state index contributed by atoms with van der Waals surface area (Å²) >= 11 is 0. The summed E-state index contributed by atoms with van der Waals surface area (Å²) in [5.41, 5.74) is 7.10. The molecule has 0 aliphatic carbocycles. The van der Waals surface area contributed by atoms with Crippen molar-refractivity contribution in [2.75, 3.05) is 18.4 Å². The standard InChI is InChI=1S/C15H28N4/c1-6-15(7-2,9-16)10-17-13-8-12(5)18-14(19-13)11(3)4/h8,11H,6-7,9-10,16H2,1-5H3,(H,17,18,19). The number of nitrogens with one attached hydrogen (secondary N) is 1. The Kier molecular flexibility index (Phi) is 5.73. The summed E-state index contributed by atoms with van der Waals surface area (Å²) in [5.74, 6) is 2.15. The molecule has 0 amide bonds. The van der Waals surface area contributed by atoms with Gasteiger partial charge in [0.05, 0.1) is 0 Å². The minimum absolute atomic E-state index is 0.164. The lowest BCUT2D eigenvalue weighted by molar-refractivity contribution is 0.294. The van der Waals surface area contributed by atoms with E-state index in [1.165, 1.54) is 0 Å². The summed E-state index contributed by atoms with van der Waals surface area (Å²) < 4.78 is 0. The molecule has 0 spiro atoms. The van der Waals surface area contributed by atoms with Crippen LogP contribution in [0.2, 0.25) is 0 Å². The molecular weight excluding hydrogens is 236 g/mol. The maximum absolute atomic E-state index is 5.93. The van der Waals surface area contributed by atoms with Crippen molar-refractivity contribution in [1.29, 1.82) is 0 Å². The Hall–Kier alpha value is -1.16. The van der Waals surface area contributed by atoms with Gasteiger partial charge in [0.15, 0.2) is 0 Å². The molecule has 0 bridgehead atoms. The van der Waals surface area contributed by atoms with Gasteiger partial charge in [-0.05, 0) is 31.7 Å². The van der Waals surface area contributed by atoms with Gasteiger partial charge in [-0.1, -0.05) is 27.7 Å². The lowest BCUT2D eigenvalue weighted by Crippen LogP contribution is -2.36. The quantitative estimate of drug-likeness (QED) is 0.794. The molecule has 1 rings (SSSR count). The SMILES string of the molecule is CCC(CC)(CN)CNc1cc(C)nc(C(C)C)n1. The van der Waals surface area contributed by atoms with E-state index in [-0.39, 0.29) is 5.41 Å². The van der Waals surface area contributed by atoms with Crippen molar-refractivity contribution in [3.05, 3.63) is 17.6 Å². The highest BCUT2D eigenvalue weighted by Gasteiger charge is 2.24. The van der Waals surface area contributed by atoms with Gasteiger partial charge in [0.1, 0.15) is 11.6 Å². The van der Waals surface area contributed by atoms with Crippen LogP contribution in [0.4, 0.5) is 5.82 Å². The van der Waals surface area contributed by atoms with Crippen LogP contribution in [-0.2, 0) is 0 Å². The second-order valence-electron chi connectivity index (χ2n) is 5.67. The number of hydrogen-bond donors (Lipinski definition) is 2. The molecule has 1 aromatic rings. The smallest absolute Gasteiger partial charge is 0.133 e. The molecule has 1 aromatic heterocycles. The van der Waals surface area contributed by atoms with E-state index in [4.69, 9.17) is 5.73 Å². The number of rotatable bonds is 7. The van der Waals surface area contributed by atoms with Crippen LogP contribution in [0.3, 0.4) is 0 Å². The summed E-state index contributed by atoms with van der Waals surface area (Å²) in [4.78, 5) is 9.04. The van der Waals surface area contributed by atoms with E-state index >= 15 is 0 Å². The fourth-order valence-electron chi connectivity index (χ4n) is 2.08. The number of aryl methyl sites for hydroxylation is 1. The third-order valence-electron chi connectivity index (χ3n) is 3.97. The van der Waals surface area contributed by atoms with Gasteiger partial charge >= 0.3 is 0 Å². The number of nitrogens with two attached hydrogens (primary N) is 1. The number of aromatic nitrogens is 2. The molecular formula is C15H28N4. The van der Waals surface area contributed by atoms with E-state index in [9.17, 15) is 0 Å². The monoisotopic (exact) mass is 264 g/mol. The van der Waals surface area contributed by atoms with Crippen LogP contribution in [0.5, 0.6) is 0 Å². The molecule has 0 aliphatic heterocycles. The van der Waals surface area contributed by atoms with Gasteiger partial charge in [0.25, 0.3) is 0 Å². The second-order valence-corrected chi connectivity index (χ2v) is 5.67. The third kappa shape index (κ3) is 4.16. The zero-order valence-electron chi connectivity index (χ0n) is 13.0. The molecule has 0 radical (unpaired) electrons. The Bertz CT molecular complexity index is 389. The van der Waals surface area contributed by atoms with E-state index in [1.54, 1.807) is 0 Å². The zero-order chi connectivity index (χ0) is 14.5. The Labute approximate surface area is 117 Å². The average Bonchev–Trinajstić information content (AvgIpc) is 2.40. The van der Waals surface area contributed by atoms with Crippen LogP contribution >= 0.6 is 0 Å². The van der Waals surface area contributed by atoms with Gasteiger partial charge in [-0.2, -0.15) is 0 Å². The molecule has 1 heterocycles. The Morgan fingerprint density at radius 3 is 2.37 bits per heavy atom. The molecule has 0 saturated carbocycles. The van der Waals surface area contributed by atoms with E-state index in [0.29, 0.717) is 12.5 Å². The van der Waals surface area contributed by atoms with Crippen molar-refractivity contribution in [2.24, 2.45) is 11.1 Å².